The molecule has 69 heavy (non-hydrogen) atoms. The summed E-state index contributed by atoms with van der Waals surface area (Å²) in [4.78, 5) is 11.2. The molecular formula is C65H42N4. The summed E-state index contributed by atoms with van der Waals surface area (Å²) in [7, 11) is 0. The average molecular weight is 879 g/mol. The lowest BCUT2D eigenvalue weighted by atomic mass is 9.69. The molecule has 13 aromatic rings. The predicted octanol–water partition coefficient (Wildman–Crippen LogP) is 16.0. The van der Waals surface area contributed by atoms with Crippen LogP contribution in [0.4, 0.5) is 0 Å². The molecule has 0 aliphatic heterocycles. The molecule has 3 aromatic heterocycles. The van der Waals surface area contributed by atoms with Gasteiger partial charge in [-0.15, -0.1) is 0 Å². The molecule has 0 fully saturated rings. The Morgan fingerprint density at radius 1 is 0.319 bits per heavy atom. The Labute approximate surface area is 399 Å². The van der Waals surface area contributed by atoms with E-state index in [1.165, 1.54) is 49.2 Å². The third-order valence-corrected chi connectivity index (χ3v) is 14.4. The normalized spacial score (nSPS) is 12.8. The summed E-state index contributed by atoms with van der Waals surface area (Å²) in [5, 5.41) is 4.92. The van der Waals surface area contributed by atoms with Gasteiger partial charge in [0.25, 0.3) is 0 Å². The fourth-order valence-corrected chi connectivity index (χ4v) is 11.4. The summed E-state index contributed by atoms with van der Waals surface area (Å²) in [5.41, 5.74) is 17.9. The smallest absolute Gasteiger partial charge is 0.160 e. The number of benzene rings is 10. The van der Waals surface area contributed by atoms with Crippen LogP contribution in [0, 0.1) is 0 Å². The van der Waals surface area contributed by atoms with Crippen LogP contribution in [0.15, 0.2) is 255 Å². The van der Waals surface area contributed by atoms with E-state index in [1.807, 2.05) is 6.07 Å². The lowest BCUT2D eigenvalue weighted by Gasteiger charge is -2.33. The number of aromatic nitrogens is 4. The zero-order chi connectivity index (χ0) is 45.5. The molecule has 4 nitrogen and oxygen atoms in total. The maximum Gasteiger partial charge on any atom is 0.160 e. The van der Waals surface area contributed by atoms with Crippen molar-refractivity contribution < 1.29 is 0 Å². The van der Waals surface area contributed by atoms with Gasteiger partial charge in [-0.05, 0) is 81.9 Å². The van der Waals surface area contributed by atoms with Crippen LogP contribution in [0.3, 0.4) is 0 Å². The zero-order valence-corrected chi connectivity index (χ0v) is 37.5. The van der Waals surface area contributed by atoms with Crippen molar-refractivity contribution in [3.8, 4) is 56.3 Å². The molecule has 0 saturated heterocycles. The van der Waals surface area contributed by atoms with E-state index >= 15 is 0 Å². The first-order chi connectivity index (χ1) is 34.2. The molecule has 0 spiro atoms. The molecule has 14 rings (SSSR count). The molecule has 1 aliphatic carbocycles. The van der Waals surface area contributed by atoms with Crippen molar-refractivity contribution in [3.63, 3.8) is 0 Å². The maximum atomic E-state index is 5.73. The van der Waals surface area contributed by atoms with Crippen LogP contribution in [-0.4, -0.2) is 19.1 Å². The summed E-state index contributed by atoms with van der Waals surface area (Å²) in [5.74, 6) is 0.701. The van der Waals surface area contributed by atoms with Gasteiger partial charge in [0, 0.05) is 49.6 Å². The van der Waals surface area contributed by atoms with E-state index in [1.54, 1.807) is 0 Å². The van der Waals surface area contributed by atoms with Crippen LogP contribution in [0.2, 0.25) is 0 Å². The van der Waals surface area contributed by atoms with E-state index in [-0.39, 0.29) is 0 Å². The molecule has 1 aliphatic rings. The van der Waals surface area contributed by atoms with Crippen molar-refractivity contribution in [3.05, 3.63) is 277 Å². The highest BCUT2D eigenvalue weighted by Gasteiger charge is 2.49. The van der Waals surface area contributed by atoms with Crippen molar-refractivity contribution in [2.45, 2.75) is 5.41 Å². The largest absolute Gasteiger partial charge is 0.309 e. The second kappa shape index (κ2) is 15.5. The SMILES string of the molecule is c1ccc(-c2nc(-c3ccccc3)c3c(n2)C(c2ccccc2)(c2ccccc2)c2cc(-c4cc(-n5c6ccccc6c6ccccc65)cc(-n5c6ccccc6c6ccccc65)c4)ccc2-3)cc1. The van der Waals surface area contributed by atoms with Gasteiger partial charge < -0.3 is 9.13 Å². The molecular weight excluding hydrogens is 837 g/mol. The van der Waals surface area contributed by atoms with Crippen molar-refractivity contribution in [1.82, 2.24) is 19.1 Å². The highest BCUT2D eigenvalue weighted by atomic mass is 15.0. The molecule has 0 atom stereocenters. The Balaban J connectivity index is 1.10. The Bertz CT molecular complexity index is 3840. The molecule has 0 amide bonds. The summed E-state index contributed by atoms with van der Waals surface area (Å²) in [6, 6.07) is 92.3. The van der Waals surface area contributed by atoms with Crippen LogP contribution in [0.1, 0.15) is 22.4 Å². The Kier molecular flexibility index (Phi) is 8.77. The number of fused-ring (bicyclic) bond motifs is 9. The first-order valence-corrected chi connectivity index (χ1v) is 23.7. The van der Waals surface area contributed by atoms with Crippen LogP contribution < -0.4 is 0 Å². The van der Waals surface area contributed by atoms with Crippen LogP contribution in [-0.2, 0) is 5.41 Å². The van der Waals surface area contributed by atoms with E-state index in [9.17, 15) is 0 Å². The molecule has 0 radical (unpaired) electrons. The van der Waals surface area contributed by atoms with Gasteiger partial charge in [0.1, 0.15) is 0 Å². The third-order valence-electron chi connectivity index (χ3n) is 14.4. The van der Waals surface area contributed by atoms with E-state index in [2.05, 4.69) is 258 Å². The van der Waals surface area contributed by atoms with Crippen molar-refractivity contribution in [2.24, 2.45) is 0 Å². The molecule has 0 unspecified atom stereocenters. The zero-order valence-electron chi connectivity index (χ0n) is 37.5. The summed E-state index contributed by atoms with van der Waals surface area (Å²) in [6.07, 6.45) is 0. The standard InChI is InChI=1S/C65H42N4/c1-5-21-43(22-6-1)62-61-55-38-37-45(41-56(55)65(47-25-9-3-10-26-47,48-27-11-4-12-28-48)63(61)67-64(66-62)44-23-7-2-8-24-44)46-39-49(68-57-33-17-13-29-51(57)52-30-14-18-34-58(52)68)42-50(40-46)69-59-35-19-15-31-53(59)54-32-16-20-36-60(54)69/h1-42H. The average Bonchev–Trinajstić information content (AvgIpc) is 4.06. The molecule has 0 N–H and O–H groups in total. The molecule has 0 bridgehead atoms. The fraction of sp³-hybridized carbons (Fsp3) is 0.0154. The number of rotatable bonds is 7. The number of nitrogens with zero attached hydrogens (tertiary/aromatic N) is 4. The Morgan fingerprint density at radius 3 is 1.22 bits per heavy atom. The Morgan fingerprint density at radius 2 is 0.739 bits per heavy atom. The third kappa shape index (κ3) is 5.89. The summed E-state index contributed by atoms with van der Waals surface area (Å²) < 4.78 is 4.89. The van der Waals surface area contributed by atoms with Gasteiger partial charge in [-0.25, -0.2) is 9.97 Å². The van der Waals surface area contributed by atoms with Crippen molar-refractivity contribution >= 4 is 43.6 Å². The second-order valence-electron chi connectivity index (χ2n) is 18.1. The molecule has 322 valence electrons. The first-order valence-electron chi connectivity index (χ1n) is 23.7. The fourth-order valence-electron chi connectivity index (χ4n) is 11.4. The maximum absolute atomic E-state index is 5.73. The second-order valence-corrected chi connectivity index (χ2v) is 18.1. The van der Waals surface area contributed by atoms with Gasteiger partial charge in [-0.1, -0.05) is 206 Å². The Hall–Kier alpha value is -9.12. The molecule has 4 heteroatoms. The number of hydrogen-bond acceptors (Lipinski definition) is 2. The summed E-state index contributed by atoms with van der Waals surface area (Å²) in [6.45, 7) is 0. The minimum atomic E-state index is -0.792. The molecule has 10 aromatic carbocycles. The van der Waals surface area contributed by atoms with Gasteiger partial charge in [0.15, 0.2) is 5.82 Å². The van der Waals surface area contributed by atoms with E-state index in [4.69, 9.17) is 9.97 Å². The van der Waals surface area contributed by atoms with E-state index in [0.717, 1.165) is 67.3 Å². The monoisotopic (exact) mass is 878 g/mol. The molecule has 3 heterocycles. The topological polar surface area (TPSA) is 35.6 Å². The minimum absolute atomic E-state index is 0.701. The quantitative estimate of drug-likeness (QED) is 0.160. The van der Waals surface area contributed by atoms with Gasteiger partial charge in [-0.2, -0.15) is 0 Å². The van der Waals surface area contributed by atoms with Crippen LogP contribution in [0.25, 0.3) is 99.9 Å². The number of hydrogen-bond donors (Lipinski definition) is 0. The van der Waals surface area contributed by atoms with Crippen LogP contribution in [0.5, 0.6) is 0 Å². The lowest BCUT2D eigenvalue weighted by molar-refractivity contribution is 0.736. The highest BCUT2D eigenvalue weighted by Crippen LogP contribution is 2.58. The van der Waals surface area contributed by atoms with Gasteiger partial charge in [0.05, 0.1) is 38.9 Å². The van der Waals surface area contributed by atoms with Gasteiger partial charge in [0.2, 0.25) is 0 Å². The van der Waals surface area contributed by atoms with E-state index < -0.39 is 5.41 Å². The first kappa shape index (κ1) is 39.1. The van der Waals surface area contributed by atoms with E-state index in [0.29, 0.717) is 5.82 Å². The van der Waals surface area contributed by atoms with Gasteiger partial charge >= 0.3 is 0 Å². The minimum Gasteiger partial charge on any atom is -0.309 e. The molecule has 0 saturated carbocycles. The predicted molar refractivity (Wildman–Crippen MR) is 284 cm³/mol. The lowest BCUT2D eigenvalue weighted by Crippen LogP contribution is -2.30. The number of para-hydroxylation sites is 4. The van der Waals surface area contributed by atoms with Crippen molar-refractivity contribution in [1.29, 1.82) is 0 Å². The highest BCUT2D eigenvalue weighted by molar-refractivity contribution is 6.11. The van der Waals surface area contributed by atoms with Crippen LogP contribution >= 0.6 is 0 Å². The van der Waals surface area contributed by atoms with Gasteiger partial charge in [-0.3, -0.25) is 0 Å². The summed E-state index contributed by atoms with van der Waals surface area (Å²) >= 11 is 0. The van der Waals surface area contributed by atoms with Crippen molar-refractivity contribution in [2.75, 3.05) is 0 Å².